The summed E-state index contributed by atoms with van der Waals surface area (Å²) >= 11 is 0. The molecular weight excluding hydrogens is 695 g/mol. The fourth-order valence-electron chi connectivity index (χ4n) is 7.42. The molecule has 0 aliphatic carbocycles. The largest absolute Gasteiger partial charge is 0.394 e. The predicted octanol–water partition coefficient (Wildman–Crippen LogP) is 13.3. The van der Waals surface area contributed by atoms with Crippen LogP contribution in [0.25, 0.3) is 0 Å². The summed E-state index contributed by atoms with van der Waals surface area (Å²) in [6.07, 6.45) is 53.3. The SMILES string of the molecule is CCCCCCCC/C=C/CC/C=C/CCCC(O)C(O)C(CO)NC(=O)C(O)CCCCCCCCCCC/C=C\CCCCCCCCCCCCCC. The number of unbranched alkanes of at least 4 members (excludes halogenated alkanes) is 29. The summed E-state index contributed by atoms with van der Waals surface area (Å²) < 4.78 is 0. The van der Waals surface area contributed by atoms with Crippen LogP contribution in [0.2, 0.25) is 0 Å². The van der Waals surface area contributed by atoms with E-state index >= 15 is 0 Å². The van der Waals surface area contributed by atoms with Crippen LogP contribution < -0.4 is 5.32 Å². The summed E-state index contributed by atoms with van der Waals surface area (Å²) in [4.78, 5) is 12.5. The van der Waals surface area contributed by atoms with Gasteiger partial charge >= 0.3 is 0 Å². The first-order chi connectivity index (χ1) is 27.5. The van der Waals surface area contributed by atoms with Crippen molar-refractivity contribution in [1.82, 2.24) is 5.32 Å². The lowest BCUT2D eigenvalue weighted by molar-refractivity contribution is -0.132. The van der Waals surface area contributed by atoms with Gasteiger partial charge in [0.05, 0.1) is 18.8 Å². The molecule has 5 N–H and O–H groups in total. The number of carbonyl (C=O) groups is 1. The van der Waals surface area contributed by atoms with Crippen LogP contribution >= 0.6 is 0 Å². The van der Waals surface area contributed by atoms with Gasteiger partial charge in [-0.1, -0.05) is 204 Å². The molecular formula is C50H95NO5. The normalized spacial score (nSPS) is 14.3. The number of hydrogen-bond acceptors (Lipinski definition) is 5. The topological polar surface area (TPSA) is 110 Å². The second-order valence-corrected chi connectivity index (χ2v) is 16.8. The monoisotopic (exact) mass is 790 g/mol. The Hall–Kier alpha value is -1.47. The minimum Gasteiger partial charge on any atom is -0.394 e. The molecule has 6 nitrogen and oxygen atoms in total. The highest BCUT2D eigenvalue weighted by atomic mass is 16.3. The molecule has 330 valence electrons. The summed E-state index contributed by atoms with van der Waals surface area (Å²) in [6, 6.07) is -1.01. The average Bonchev–Trinajstić information content (AvgIpc) is 3.20. The molecule has 0 fully saturated rings. The number of amides is 1. The van der Waals surface area contributed by atoms with E-state index < -0.39 is 36.9 Å². The lowest BCUT2D eigenvalue weighted by Crippen LogP contribution is -2.53. The van der Waals surface area contributed by atoms with Crippen molar-refractivity contribution in [3.63, 3.8) is 0 Å². The van der Waals surface area contributed by atoms with Crippen molar-refractivity contribution < 1.29 is 25.2 Å². The van der Waals surface area contributed by atoms with E-state index in [0.29, 0.717) is 19.3 Å². The van der Waals surface area contributed by atoms with E-state index in [1.165, 1.54) is 173 Å². The standard InChI is InChI=1S/C50H95NO5/c1-3-5-7-9-11-13-15-17-19-20-21-22-23-24-25-26-27-28-30-32-34-36-38-40-42-44-48(54)50(56)51-46(45-52)49(55)47(53)43-41-39-37-35-33-31-29-18-16-14-12-10-8-6-4-2/h18,24-25,29,35,37,46-49,52-55H,3-17,19-23,26-28,30-34,36,38-45H2,1-2H3,(H,51,56)/b25-24-,29-18+,37-35+. The maximum Gasteiger partial charge on any atom is 0.249 e. The van der Waals surface area contributed by atoms with Gasteiger partial charge in [0.2, 0.25) is 5.91 Å². The molecule has 4 atom stereocenters. The van der Waals surface area contributed by atoms with Crippen molar-refractivity contribution in [3.05, 3.63) is 36.5 Å². The second-order valence-electron chi connectivity index (χ2n) is 16.8. The molecule has 0 spiro atoms. The van der Waals surface area contributed by atoms with E-state index in [9.17, 15) is 25.2 Å². The first-order valence-electron chi connectivity index (χ1n) is 24.4. The molecule has 1 amide bonds. The quantitative estimate of drug-likeness (QED) is 0.0312. The molecule has 4 unspecified atom stereocenters. The average molecular weight is 790 g/mol. The van der Waals surface area contributed by atoms with E-state index in [2.05, 4.69) is 55.6 Å². The van der Waals surface area contributed by atoms with Crippen molar-refractivity contribution in [2.45, 2.75) is 269 Å². The van der Waals surface area contributed by atoms with Crippen LogP contribution in [0.5, 0.6) is 0 Å². The summed E-state index contributed by atoms with van der Waals surface area (Å²) in [5.74, 6) is -0.599. The van der Waals surface area contributed by atoms with Gasteiger partial charge in [0.15, 0.2) is 0 Å². The highest BCUT2D eigenvalue weighted by Crippen LogP contribution is 2.16. The maximum absolute atomic E-state index is 12.5. The van der Waals surface area contributed by atoms with Crippen molar-refractivity contribution in [1.29, 1.82) is 0 Å². The summed E-state index contributed by atoms with van der Waals surface area (Å²) in [5, 5.41) is 43.7. The van der Waals surface area contributed by atoms with Crippen molar-refractivity contribution in [3.8, 4) is 0 Å². The minimum absolute atomic E-state index is 0.358. The Morgan fingerprint density at radius 3 is 1.12 bits per heavy atom. The van der Waals surface area contributed by atoms with E-state index in [-0.39, 0.29) is 0 Å². The van der Waals surface area contributed by atoms with Gasteiger partial charge in [-0.25, -0.2) is 0 Å². The molecule has 0 radical (unpaired) electrons. The number of nitrogens with one attached hydrogen (secondary N) is 1. The van der Waals surface area contributed by atoms with Crippen molar-refractivity contribution in [2.24, 2.45) is 0 Å². The van der Waals surface area contributed by atoms with Crippen LogP contribution in [0, 0.1) is 0 Å². The molecule has 0 aliphatic rings. The Bertz CT molecular complexity index is 889. The van der Waals surface area contributed by atoms with Gasteiger partial charge < -0.3 is 25.7 Å². The summed E-state index contributed by atoms with van der Waals surface area (Å²) in [7, 11) is 0. The van der Waals surface area contributed by atoms with Crippen LogP contribution in [0.4, 0.5) is 0 Å². The minimum atomic E-state index is -1.29. The first-order valence-corrected chi connectivity index (χ1v) is 24.4. The molecule has 0 saturated carbocycles. The summed E-state index contributed by atoms with van der Waals surface area (Å²) in [5.41, 5.74) is 0. The van der Waals surface area contributed by atoms with Crippen LogP contribution in [-0.4, -0.2) is 57.3 Å². The molecule has 0 aromatic carbocycles. The first kappa shape index (κ1) is 54.5. The Morgan fingerprint density at radius 2 is 0.750 bits per heavy atom. The third-order valence-corrected chi connectivity index (χ3v) is 11.3. The molecule has 0 rings (SSSR count). The molecule has 56 heavy (non-hydrogen) atoms. The van der Waals surface area contributed by atoms with Crippen LogP contribution in [0.15, 0.2) is 36.5 Å². The van der Waals surface area contributed by atoms with E-state index in [0.717, 1.165) is 38.5 Å². The fourth-order valence-corrected chi connectivity index (χ4v) is 7.42. The number of rotatable bonds is 44. The molecule has 0 aromatic heterocycles. The smallest absolute Gasteiger partial charge is 0.249 e. The number of aliphatic hydroxyl groups is 4. The van der Waals surface area contributed by atoms with E-state index in [1.807, 2.05) is 0 Å². The highest BCUT2D eigenvalue weighted by molar-refractivity contribution is 5.80. The zero-order valence-electron chi connectivity index (χ0n) is 37.1. The Morgan fingerprint density at radius 1 is 0.429 bits per heavy atom. The third-order valence-electron chi connectivity index (χ3n) is 11.3. The lowest BCUT2D eigenvalue weighted by Gasteiger charge is -2.27. The van der Waals surface area contributed by atoms with Crippen LogP contribution in [0.1, 0.15) is 245 Å². The molecule has 0 saturated heterocycles. The Balaban J connectivity index is 3.71. The maximum atomic E-state index is 12.5. The Kier molecular flexibility index (Phi) is 43.5. The van der Waals surface area contributed by atoms with Gasteiger partial charge in [-0.15, -0.1) is 0 Å². The van der Waals surface area contributed by atoms with E-state index in [4.69, 9.17) is 0 Å². The van der Waals surface area contributed by atoms with Gasteiger partial charge in [0.25, 0.3) is 0 Å². The number of allylic oxidation sites excluding steroid dienone is 6. The molecule has 0 aromatic rings. The third kappa shape index (κ3) is 38.1. The van der Waals surface area contributed by atoms with Gasteiger partial charge in [-0.2, -0.15) is 0 Å². The Labute approximate surface area is 347 Å². The zero-order chi connectivity index (χ0) is 41.0. The number of carbonyl (C=O) groups excluding carboxylic acids is 1. The molecule has 0 heterocycles. The zero-order valence-corrected chi connectivity index (χ0v) is 37.1. The summed E-state index contributed by atoms with van der Waals surface area (Å²) in [6.45, 7) is 4.03. The predicted molar refractivity (Wildman–Crippen MR) is 242 cm³/mol. The molecule has 6 heteroatoms. The number of aliphatic hydroxyl groups excluding tert-OH is 4. The van der Waals surface area contributed by atoms with Crippen molar-refractivity contribution >= 4 is 5.91 Å². The lowest BCUT2D eigenvalue weighted by atomic mass is 10.00. The van der Waals surface area contributed by atoms with Crippen LogP contribution in [0.3, 0.4) is 0 Å². The fraction of sp³-hybridized carbons (Fsp3) is 0.860. The second kappa shape index (κ2) is 44.6. The van der Waals surface area contributed by atoms with Gasteiger partial charge in [-0.3, -0.25) is 4.79 Å². The number of hydrogen-bond donors (Lipinski definition) is 5. The van der Waals surface area contributed by atoms with E-state index in [1.54, 1.807) is 0 Å². The molecule has 0 bridgehead atoms. The molecule has 0 aliphatic heterocycles. The van der Waals surface area contributed by atoms with Gasteiger partial charge in [0, 0.05) is 0 Å². The van der Waals surface area contributed by atoms with Crippen LogP contribution in [-0.2, 0) is 4.79 Å². The van der Waals surface area contributed by atoms with Gasteiger partial charge in [-0.05, 0) is 77.0 Å². The van der Waals surface area contributed by atoms with Crippen molar-refractivity contribution in [2.75, 3.05) is 6.61 Å². The van der Waals surface area contributed by atoms with Gasteiger partial charge in [0.1, 0.15) is 12.2 Å². The highest BCUT2D eigenvalue weighted by Gasteiger charge is 2.28.